The van der Waals surface area contributed by atoms with Crippen molar-refractivity contribution in [2.24, 2.45) is 7.05 Å². The molecular formula is C11H13ClN4. The fourth-order valence-electron chi connectivity index (χ4n) is 1.48. The van der Waals surface area contributed by atoms with Gasteiger partial charge in [0.2, 0.25) is 0 Å². The number of aryl methyl sites for hydroxylation is 1. The molecule has 4 nitrogen and oxygen atoms in total. The van der Waals surface area contributed by atoms with Crippen molar-refractivity contribution in [2.45, 2.75) is 6.54 Å². The minimum absolute atomic E-state index is 0.504. The predicted octanol–water partition coefficient (Wildman–Crippen LogP) is 2.10. The summed E-state index contributed by atoms with van der Waals surface area (Å²) in [5.41, 5.74) is 1.03. The number of hydrogen-bond donors (Lipinski definition) is 0. The standard InChI is InChI=1S/C11H13ClN4/c1-15-6-5-14-11(15)8-16(2)9-3-4-13-10(12)7-9/h3-7H,8H2,1-2H3. The first-order valence-electron chi connectivity index (χ1n) is 4.95. The van der Waals surface area contributed by atoms with Gasteiger partial charge in [-0.3, -0.25) is 0 Å². The zero-order valence-corrected chi connectivity index (χ0v) is 10.0. The maximum Gasteiger partial charge on any atom is 0.131 e. The topological polar surface area (TPSA) is 34.0 Å². The van der Waals surface area contributed by atoms with Gasteiger partial charge >= 0.3 is 0 Å². The van der Waals surface area contributed by atoms with E-state index in [0.717, 1.165) is 18.1 Å². The Balaban J connectivity index is 2.14. The summed E-state index contributed by atoms with van der Waals surface area (Å²) in [6.07, 6.45) is 5.43. The SMILES string of the molecule is CN(Cc1nccn1C)c1ccnc(Cl)c1. The number of rotatable bonds is 3. The Morgan fingerprint density at radius 3 is 2.81 bits per heavy atom. The molecule has 5 heteroatoms. The molecule has 0 aliphatic carbocycles. The molecule has 2 aromatic heterocycles. The summed E-state index contributed by atoms with van der Waals surface area (Å²) >= 11 is 5.84. The lowest BCUT2D eigenvalue weighted by atomic mass is 10.3. The van der Waals surface area contributed by atoms with Gasteiger partial charge in [-0.25, -0.2) is 9.97 Å². The third kappa shape index (κ3) is 2.33. The monoisotopic (exact) mass is 236 g/mol. The summed E-state index contributed by atoms with van der Waals surface area (Å²) in [5, 5.41) is 0.504. The molecule has 0 radical (unpaired) electrons. The number of aromatic nitrogens is 3. The molecule has 0 spiro atoms. The van der Waals surface area contributed by atoms with E-state index in [2.05, 4.69) is 14.9 Å². The van der Waals surface area contributed by atoms with Crippen molar-refractivity contribution in [1.82, 2.24) is 14.5 Å². The van der Waals surface area contributed by atoms with Crippen LogP contribution in [0.25, 0.3) is 0 Å². The minimum atomic E-state index is 0.504. The van der Waals surface area contributed by atoms with Crippen LogP contribution in [0.5, 0.6) is 0 Å². The van der Waals surface area contributed by atoms with Crippen LogP contribution in [0.3, 0.4) is 0 Å². The van der Waals surface area contributed by atoms with Crippen LogP contribution >= 0.6 is 11.6 Å². The van der Waals surface area contributed by atoms with Crippen molar-refractivity contribution >= 4 is 17.3 Å². The van der Waals surface area contributed by atoms with Crippen LogP contribution in [-0.2, 0) is 13.6 Å². The first-order chi connectivity index (χ1) is 7.66. The smallest absolute Gasteiger partial charge is 0.131 e. The molecule has 84 valence electrons. The summed E-state index contributed by atoms with van der Waals surface area (Å²) in [4.78, 5) is 10.3. The second kappa shape index (κ2) is 4.53. The molecule has 0 aliphatic rings. The van der Waals surface area contributed by atoms with Crippen molar-refractivity contribution in [3.63, 3.8) is 0 Å². The van der Waals surface area contributed by atoms with Crippen molar-refractivity contribution < 1.29 is 0 Å². The first-order valence-corrected chi connectivity index (χ1v) is 5.33. The van der Waals surface area contributed by atoms with E-state index in [4.69, 9.17) is 11.6 Å². The van der Waals surface area contributed by atoms with Gasteiger partial charge in [0, 0.05) is 38.4 Å². The largest absolute Gasteiger partial charge is 0.367 e. The molecule has 0 aromatic carbocycles. The quantitative estimate of drug-likeness (QED) is 0.766. The van der Waals surface area contributed by atoms with E-state index in [0.29, 0.717) is 5.15 Å². The molecule has 0 atom stereocenters. The van der Waals surface area contributed by atoms with E-state index in [1.54, 1.807) is 12.4 Å². The Labute approximate surface area is 99.5 Å². The molecule has 0 fully saturated rings. The average Bonchev–Trinajstić information content (AvgIpc) is 2.64. The van der Waals surface area contributed by atoms with Crippen LogP contribution < -0.4 is 4.90 Å². The summed E-state index contributed by atoms with van der Waals surface area (Å²) < 4.78 is 2.00. The molecule has 0 unspecified atom stereocenters. The molecule has 0 amide bonds. The third-order valence-electron chi connectivity index (χ3n) is 2.45. The second-order valence-corrected chi connectivity index (χ2v) is 4.03. The average molecular weight is 237 g/mol. The van der Waals surface area contributed by atoms with Crippen molar-refractivity contribution in [3.05, 3.63) is 41.7 Å². The number of halogens is 1. The Morgan fingerprint density at radius 2 is 2.19 bits per heavy atom. The fraction of sp³-hybridized carbons (Fsp3) is 0.273. The van der Waals surface area contributed by atoms with Crippen LogP contribution in [0.1, 0.15) is 5.82 Å². The molecule has 0 saturated heterocycles. The lowest BCUT2D eigenvalue weighted by Gasteiger charge is -2.18. The summed E-state index contributed by atoms with van der Waals surface area (Å²) in [6.45, 7) is 0.740. The van der Waals surface area contributed by atoms with Gasteiger partial charge in [-0.2, -0.15) is 0 Å². The lowest BCUT2D eigenvalue weighted by Crippen LogP contribution is -2.18. The molecule has 2 aromatic rings. The Bertz CT molecular complexity index is 480. The highest BCUT2D eigenvalue weighted by Crippen LogP contribution is 2.17. The number of nitrogens with zero attached hydrogens (tertiary/aromatic N) is 4. The number of anilines is 1. The van der Waals surface area contributed by atoms with E-state index < -0.39 is 0 Å². The summed E-state index contributed by atoms with van der Waals surface area (Å²) in [7, 11) is 3.98. The van der Waals surface area contributed by atoms with E-state index in [-0.39, 0.29) is 0 Å². The van der Waals surface area contributed by atoms with Gasteiger partial charge in [0.15, 0.2) is 0 Å². The van der Waals surface area contributed by atoms with Gasteiger partial charge in [-0.05, 0) is 12.1 Å². The van der Waals surface area contributed by atoms with Crippen molar-refractivity contribution in [1.29, 1.82) is 0 Å². The maximum absolute atomic E-state index is 5.84. The first kappa shape index (κ1) is 11.0. The van der Waals surface area contributed by atoms with Crippen molar-refractivity contribution in [3.8, 4) is 0 Å². The van der Waals surface area contributed by atoms with E-state index in [1.807, 2.05) is 37.0 Å². The van der Waals surface area contributed by atoms with Gasteiger partial charge in [0.25, 0.3) is 0 Å². The molecule has 0 bridgehead atoms. The fourth-order valence-corrected chi connectivity index (χ4v) is 1.65. The van der Waals surface area contributed by atoms with Crippen molar-refractivity contribution in [2.75, 3.05) is 11.9 Å². The van der Waals surface area contributed by atoms with Crippen LogP contribution in [0, 0.1) is 0 Å². The summed E-state index contributed by atoms with van der Waals surface area (Å²) in [5.74, 6) is 1.01. The van der Waals surface area contributed by atoms with Crippen LogP contribution in [-0.4, -0.2) is 21.6 Å². The minimum Gasteiger partial charge on any atom is -0.367 e. The Morgan fingerprint density at radius 1 is 1.38 bits per heavy atom. The van der Waals surface area contributed by atoms with E-state index >= 15 is 0 Å². The third-order valence-corrected chi connectivity index (χ3v) is 2.66. The highest BCUT2D eigenvalue weighted by atomic mass is 35.5. The molecule has 0 saturated carbocycles. The van der Waals surface area contributed by atoms with E-state index in [9.17, 15) is 0 Å². The molecular weight excluding hydrogens is 224 g/mol. The lowest BCUT2D eigenvalue weighted by molar-refractivity contribution is 0.761. The highest BCUT2D eigenvalue weighted by molar-refractivity contribution is 6.29. The summed E-state index contributed by atoms with van der Waals surface area (Å²) in [6, 6.07) is 3.76. The number of pyridine rings is 1. The highest BCUT2D eigenvalue weighted by Gasteiger charge is 2.06. The van der Waals surface area contributed by atoms with Gasteiger partial charge in [0.05, 0.1) is 6.54 Å². The zero-order chi connectivity index (χ0) is 11.5. The molecule has 0 aliphatic heterocycles. The van der Waals surface area contributed by atoms with Gasteiger partial charge < -0.3 is 9.47 Å². The predicted molar refractivity (Wildman–Crippen MR) is 64.6 cm³/mol. The zero-order valence-electron chi connectivity index (χ0n) is 9.26. The molecule has 2 rings (SSSR count). The van der Waals surface area contributed by atoms with Gasteiger partial charge in [-0.1, -0.05) is 11.6 Å². The maximum atomic E-state index is 5.84. The van der Waals surface area contributed by atoms with Crippen LogP contribution in [0.4, 0.5) is 5.69 Å². The van der Waals surface area contributed by atoms with Gasteiger partial charge in [0.1, 0.15) is 11.0 Å². The molecule has 2 heterocycles. The Kier molecular flexibility index (Phi) is 3.10. The Hall–Kier alpha value is -1.55. The normalized spacial score (nSPS) is 10.4. The van der Waals surface area contributed by atoms with Crippen LogP contribution in [0.2, 0.25) is 5.15 Å². The molecule has 0 N–H and O–H groups in total. The van der Waals surface area contributed by atoms with Crippen LogP contribution in [0.15, 0.2) is 30.7 Å². The second-order valence-electron chi connectivity index (χ2n) is 3.65. The number of imidazole rings is 1. The van der Waals surface area contributed by atoms with E-state index in [1.165, 1.54) is 0 Å². The van der Waals surface area contributed by atoms with Gasteiger partial charge in [-0.15, -0.1) is 0 Å². The number of hydrogen-bond acceptors (Lipinski definition) is 3. The molecule has 16 heavy (non-hydrogen) atoms.